The van der Waals surface area contributed by atoms with Gasteiger partial charge in [0.1, 0.15) is 0 Å². The molecule has 1 aliphatic heterocycles. The van der Waals surface area contributed by atoms with Gasteiger partial charge in [-0.15, -0.1) is 0 Å². The van der Waals surface area contributed by atoms with Gasteiger partial charge in [0.15, 0.2) is 5.69 Å². The van der Waals surface area contributed by atoms with E-state index in [1.165, 1.54) is 5.56 Å². The number of hydrogen-bond acceptors (Lipinski definition) is 4. The number of amides is 1. The Labute approximate surface area is 136 Å². The lowest BCUT2D eigenvalue weighted by atomic mass is 10.1. The number of hydrogen-bond donors (Lipinski definition) is 1. The zero-order valence-corrected chi connectivity index (χ0v) is 13.7. The second-order valence-corrected chi connectivity index (χ2v) is 6.32. The molecular formula is C17H23N5O. The first-order valence-electron chi connectivity index (χ1n) is 8.02. The Morgan fingerprint density at radius 3 is 2.83 bits per heavy atom. The number of aromatic nitrogens is 3. The largest absolute Gasteiger partial charge is 0.340 e. The molecule has 0 aliphatic carbocycles. The fraction of sp³-hybridized carbons (Fsp3) is 0.471. The molecule has 0 saturated carbocycles. The number of H-pyrrole nitrogens is 1. The van der Waals surface area contributed by atoms with Crippen molar-refractivity contribution in [3.8, 4) is 0 Å². The summed E-state index contributed by atoms with van der Waals surface area (Å²) in [6, 6.07) is 10.5. The monoisotopic (exact) mass is 313 g/mol. The van der Waals surface area contributed by atoms with Gasteiger partial charge in [-0.1, -0.05) is 30.3 Å². The Hall–Kier alpha value is -2.21. The fourth-order valence-corrected chi connectivity index (χ4v) is 3.18. The van der Waals surface area contributed by atoms with Gasteiger partial charge in [0.25, 0.3) is 5.91 Å². The number of benzene rings is 1. The smallest absolute Gasteiger partial charge is 0.276 e. The minimum absolute atomic E-state index is 0.0576. The van der Waals surface area contributed by atoms with Crippen LogP contribution < -0.4 is 0 Å². The average Bonchev–Trinajstić information content (AvgIpc) is 3.16. The molecule has 2 heterocycles. The van der Waals surface area contributed by atoms with E-state index in [0.717, 1.165) is 32.6 Å². The molecule has 1 aromatic carbocycles. The molecule has 1 fully saturated rings. The van der Waals surface area contributed by atoms with Crippen LogP contribution in [0.15, 0.2) is 30.3 Å². The van der Waals surface area contributed by atoms with Gasteiger partial charge < -0.3 is 4.90 Å². The highest BCUT2D eigenvalue weighted by atomic mass is 16.2. The quantitative estimate of drug-likeness (QED) is 0.912. The van der Waals surface area contributed by atoms with Crippen LogP contribution in [0.1, 0.15) is 28.2 Å². The summed E-state index contributed by atoms with van der Waals surface area (Å²) in [5.41, 5.74) is 2.42. The number of aromatic amines is 1. The Morgan fingerprint density at radius 1 is 1.35 bits per heavy atom. The van der Waals surface area contributed by atoms with Crippen LogP contribution in [0.25, 0.3) is 0 Å². The lowest BCUT2D eigenvalue weighted by Crippen LogP contribution is -2.33. The number of aryl methyl sites for hydroxylation is 1. The SMILES string of the molecule is Cc1n[nH]nc1C(=O)N(C)C[C@@H]1CCN(Cc2ccccc2)C1. The third kappa shape index (κ3) is 3.76. The number of rotatable bonds is 5. The third-order valence-corrected chi connectivity index (χ3v) is 4.42. The Morgan fingerprint density at radius 2 is 2.13 bits per heavy atom. The van der Waals surface area contributed by atoms with Crippen LogP contribution in [-0.4, -0.2) is 57.8 Å². The summed E-state index contributed by atoms with van der Waals surface area (Å²) in [6.07, 6.45) is 1.13. The molecule has 1 atom stereocenters. The topological polar surface area (TPSA) is 65.1 Å². The molecule has 2 aromatic rings. The number of carbonyl (C=O) groups excluding carboxylic acids is 1. The van der Waals surface area contributed by atoms with Crippen molar-refractivity contribution in [2.24, 2.45) is 5.92 Å². The van der Waals surface area contributed by atoms with Gasteiger partial charge >= 0.3 is 0 Å². The van der Waals surface area contributed by atoms with E-state index >= 15 is 0 Å². The van der Waals surface area contributed by atoms with E-state index in [-0.39, 0.29) is 5.91 Å². The van der Waals surface area contributed by atoms with E-state index in [0.29, 0.717) is 17.3 Å². The lowest BCUT2D eigenvalue weighted by Gasteiger charge is -2.21. The molecule has 6 nitrogen and oxygen atoms in total. The van der Waals surface area contributed by atoms with Crippen LogP contribution >= 0.6 is 0 Å². The summed E-state index contributed by atoms with van der Waals surface area (Å²) in [5, 5.41) is 10.4. The van der Waals surface area contributed by atoms with E-state index in [9.17, 15) is 4.79 Å². The number of carbonyl (C=O) groups is 1. The van der Waals surface area contributed by atoms with Crippen molar-refractivity contribution in [2.45, 2.75) is 19.9 Å². The predicted molar refractivity (Wildman–Crippen MR) is 87.9 cm³/mol. The first kappa shape index (κ1) is 15.7. The normalized spacial score (nSPS) is 18.3. The van der Waals surface area contributed by atoms with E-state index in [1.807, 2.05) is 13.1 Å². The van der Waals surface area contributed by atoms with Gasteiger partial charge in [-0.05, 0) is 31.4 Å². The second kappa shape index (κ2) is 6.91. The second-order valence-electron chi connectivity index (χ2n) is 6.32. The van der Waals surface area contributed by atoms with Crippen molar-refractivity contribution in [3.05, 3.63) is 47.3 Å². The van der Waals surface area contributed by atoms with Crippen molar-refractivity contribution in [1.29, 1.82) is 0 Å². The van der Waals surface area contributed by atoms with Gasteiger partial charge in [-0.25, -0.2) is 0 Å². The minimum Gasteiger partial charge on any atom is -0.340 e. The van der Waals surface area contributed by atoms with Gasteiger partial charge in [0.05, 0.1) is 5.69 Å². The van der Waals surface area contributed by atoms with Crippen LogP contribution in [-0.2, 0) is 6.54 Å². The first-order chi connectivity index (χ1) is 11.1. The van der Waals surface area contributed by atoms with Crippen LogP contribution in [0.4, 0.5) is 0 Å². The zero-order valence-electron chi connectivity index (χ0n) is 13.7. The molecule has 1 N–H and O–H groups in total. The Kier molecular flexibility index (Phi) is 4.71. The molecule has 122 valence electrons. The predicted octanol–water partition coefficient (Wildman–Crippen LogP) is 1.71. The van der Waals surface area contributed by atoms with Crippen LogP contribution in [0.5, 0.6) is 0 Å². The van der Waals surface area contributed by atoms with E-state index in [1.54, 1.807) is 11.8 Å². The molecule has 6 heteroatoms. The molecule has 0 spiro atoms. The van der Waals surface area contributed by atoms with Crippen molar-refractivity contribution in [3.63, 3.8) is 0 Å². The van der Waals surface area contributed by atoms with Crippen molar-refractivity contribution in [1.82, 2.24) is 25.2 Å². The van der Waals surface area contributed by atoms with Crippen LogP contribution in [0.3, 0.4) is 0 Å². The maximum atomic E-state index is 12.4. The summed E-state index contributed by atoms with van der Waals surface area (Å²) < 4.78 is 0. The summed E-state index contributed by atoms with van der Waals surface area (Å²) in [7, 11) is 1.84. The fourth-order valence-electron chi connectivity index (χ4n) is 3.18. The van der Waals surface area contributed by atoms with Crippen molar-refractivity contribution >= 4 is 5.91 Å². The summed E-state index contributed by atoms with van der Waals surface area (Å²) >= 11 is 0. The molecule has 3 rings (SSSR count). The molecule has 0 radical (unpaired) electrons. The molecule has 0 bridgehead atoms. The third-order valence-electron chi connectivity index (χ3n) is 4.42. The van der Waals surface area contributed by atoms with Crippen LogP contribution in [0.2, 0.25) is 0 Å². The summed E-state index contributed by atoms with van der Waals surface area (Å²) in [5.74, 6) is 0.456. The molecule has 0 unspecified atom stereocenters. The molecule has 1 aliphatic rings. The van der Waals surface area contributed by atoms with Gasteiger partial charge in [0, 0.05) is 26.7 Å². The van der Waals surface area contributed by atoms with E-state index in [4.69, 9.17) is 0 Å². The molecule has 23 heavy (non-hydrogen) atoms. The number of likely N-dealkylation sites (tertiary alicyclic amines) is 1. The maximum Gasteiger partial charge on any atom is 0.276 e. The van der Waals surface area contributed by atoms with Gasteiger partial charge in [0.2, 0.25) is 0 Å². The molecular weight excluding hydrogens is 290 g/mol. The Balaban J connectivity index is 1.51. The lowest BCUT2D eigenvalue weighted by molar-refractivity contribution is 0.0766. The van der Waals surface area contributed by atoms with E-state index < -0.39 is 0 Å². The van der Waals surface area contributed by atoms with Crippen LogP contribution in [0, 0.1) is 12.8 Å². The molecule has 1 saturated heterocycles. The number of nitrogens with one attached hydrogen (secondary N) is 1. The van der Waals surface area contributed by atoms with Gasteiger partial charge in [-0.3, -0.25) is 9.69 Å². The highest BCUT2D eigenvalue weighted by molar-refractivity contribution is 5.92. The first-order valence-corrected chi connectivity index (χ1v) is 8.02. The standard InChI is InChI=1S/C17H23N5O/c1-13-16(19-20-18-13)17(23)21(2)10-15-8-9-22(12-15)11-14-6-4-3-5-7-14/h3-7,15H,8-12H2,1-2H3,(H,18,19,20)/t15-/m0/s1. The van der Waals surface area contributed by atoms with E-state index in [2.05, 4.69) is 44.6 Å². The number of nitrogens with zero attached hydrogens (tertiary/aromatic N) is 4. The average molecular weight is 313 g/mol. The molecule has 1 amide bonds. The highest BCUT2D eigenvalue weighted by Gasteiger charge is 2.26. The molecule has 1 aromatic heterocycles. The minimum atomic E-state index is -0.0576. The van der Waals surface area contributed by atoms with Crippen molar-refractivity contribution < 1.29 is 4.79 Å². The highest BCUT2D eigenvalue weighted by Crippen LogP contribution is 2.20. The maximum absolute atomic E-state index is 12.4. The van der Waals surface area contributed by atoms with Gasteiger partial charge in [-0.2, -0.15) is 15.4 Å². The zero-order chi connectivity index (χ0) is 16.2. The van der Waals surface area contributed by atoms with Crippen molar-refractivity contribution in [2.75, 3.05) is 26.7 Å². The summed E-state index contributed by atoms with van der Waals surface area (Å²) in [6.45, 7) is 5.66. The summed E-state index contributed by atoms with van der Waals surface area (Å²) in [4.78, 5) is 16.6. The Bertz CT molecular complexity index is 654.